The van der Waals surface area contributed by atoms with E-state index in [1.165, 1.54) is 80.8 Å². The highest BCUT2D eigenvalue weighted by Crippen LogP contribution is 2.49. The van der Waals surface area contributed by atoms with E-state index >= 15 is 0 Å². The molecule has 0 aliphatic heterocycles. The lowest BCUT2D eigenvalue weighted by Gasteiger charge is -2.28. The number of fused-ring (bicyclic) bond motifs is 6. The Balaban J connectivity index is 1.32. The molecule has 10 rings (SSSR count). The first-order chi connectivity index (χ1) is 25.8. The lowest BCUT2D eigenvalue weighted by molar-refractivity contribution is 1.31. The SMILES string of the molecule is c1ccc(-c2cccc(N(c3ccc4c(c3)c(-c3ccccc3)c(-c3ccccc3)c3ccccc34)c3cccc4sc5ccccc5c34)c2)cc1. The molecule has 0 spiro atoms. The summed E-state index contributed by atoms with van der Waals surface area (Å²) in [5.74, 6) is 0. The Morgan fingerprint density at radius 3 is 1.56 bits per heavy atom. The van der Waals surface area contributed by atoms with Crippen molar-refractivity contribution in [1.29, 1.82) is 0 Å². The van der Waals surface area contributed by atoms with Gasteiger partial charge in [0.2, 0.25) is 0 Å². The van der Waals surface area contributed by atoms with Crippen molar-refractivity contribution < 1.29 is 0 Å². The van der Waals surface area contributed by atoms with Crippen LogP contribution in [0.4, 0.5) is 17.1 Å². The van der Waals surface area contributed by atoms with Crippen LogP contribution in [0, 0.1) is 0 Å². The molecule has 9 aromatic carbocycles. The van der Waals surface area contributed by atoms with Crippen LogP contribution in [0.1, 0.15) is 0 Å². The molecule has 0 saturated carbocycles. The van der Waals surface area contributed by atoms with E-state index in [0.29, 0.717) is 0 Å². The van der Waals surface area contributed by atoms with E-state index in [4.69, 9.17) is 0 Å². The maximum absolute atomic E-state index is 2.47. The minimum atomic E-state index is 1.12. The van der Waals surface area contributed by atoms with E-state index in [1.807, 2.05) is 11.3 Å². The molecule has 2 heteroatoms. The highest BCUT2D eigenvalue weighted by molar-refractivity contribution is 7.26. The van der Waals surface area contributed by atoms with Gasteiger partial charge in [-0.15, -0.1) is 11.3 Å². The molecule has 0 N–H and O–H groups in total. The molecule has 0 unspecified atom stereocenters. The second-order valence-electron chi connectivity index (χ2n) is 13.3. The van der Waals surface area contributed by atoms with Crippen LogP contribution in [0.15, 0.2) is 200 Å². The Bertz CT molecular complexity index is 2890. The van der Waals surface area contributed by atoms with Crippen molar-refractivity contribution >= 4 is 70.1 Å². The molecule has 244 valence electrons. The van der Waals surface area contributed by atoms with Crippen molar-refractivity contribution in [3.05, 3.63) is 200 Å². The fourth-order valence-corrected chi connectivity index (χ4v) is 9.08. The quantitative estimate of drug-likeness (QED) is 0.158. The zero-order valence-electron chi connectivity index (χ0n) is 28.4. The summed E-state index contributed by atoms with van der Waals surface area (Å²) in [7, 11) is 0. The van der Waals surface area contributed by atoms with Crippen molar-refractivity contribution in [2.24, 2.45) is 0 Å². The van der Waals surface area contributed by atoms with Gasteiger partial charge in [0.1, 0.15) is 0 Å². The summed E-state index contributed by atoms with van der Waals surface area (Å²) in [4.78, 5) is 2.47. The third-order valence-corrected chi connectivity index (χ3v) is 11.4. The summed E-state index contributed by atoms with van der Waals surface area (Å²) in [5.41, 5.74) is 10.7. The third-order valence-electron chi connectivity index (χ3n) is 10.2. The summed E-state index contributed by atoms with van der Waals surface area (Å²) >= 11 is 1.86. The largest absolute Gasteiger partial charge is 0.310 e. The van der Waals surface area contributed by atoms with E-state index in [-0.39, 0.29) is 0 Å². The van der Waals surface area contributed by atoms with Crippen LogP contribution in [0.3, 0.4) is 0 Å². The van der Waals surface area contributed by atoms with Crippen molar-refractivity contribution in [2.45, 2.75) is 0 Å². The lowest BCUT2D eigenvalue weighted by Crippen LogP contribution is -2.10. The van der Waals surface area contributed by atoms with Gasteiger partial charge in [-0.3, -0.25) is 0 Å². The first-order valence-electron chi connectivity index (χ1n) is 17.8. The van der Waals surface area contributed by atoms with Gasteiger partial charge in [0.05, 0.1) is 5.69 Å². The molecule has 1 heterocycles. The van der Waals surface area contributed by atoms with E-state index in [2.05, 4.69) is 205 Å². The Morgan fingerprint density at radius 1 is 0.308 bits per heavy atom. The van der Waals surface area contributed by atoms with Crippen LogP contribution in [0.2, 0.25) is 0 Å². The molecular weight excluding hydrogens is 647 g/mol. The van der Waals surface area contributed by atoms with Crippen LogP contribution in [0.25, 0.3) is 75.1 Å². The van der Waals surface area contributed by atoms with Crippen molar-refractivity contribution in [3.8, 4) is 33.4 Å². The van der Waals surface area contributed by atoms with Crippen molar-refractivity contribution in [2.75, 3.05) is 4.90 Å². The van der Waals surface area contributed by atoms with Crippen LogP contribution >= 0.6 is 11.3 Å². The Labute approximate surface area is 307 Å². The summed E-state index contributed by atoms with van der Waals surface area (Å²) in [6.07, 6.45) is 0. The molecule has 0 saturated heterocycles. The number of nitrogens with zero attached hydrogens (tertiary/aromatic N) is 1. The van der Waals surface area contributed by atoms with Gasteiger partial charge in [-0.05, 0) is 97.4 Å². The van der Waals surface area contributed by atoms with E-state index in [1.54, 1.807) is 0 Å². The maximum Gasteiger partial charge on any atom is 0.0554 e. The van der Waals surface area contributed by atoms with E-state index in [9.17, 15) is 0 Å². The molecule has 0 fully saturated rings. The zero-order chi connectivity index (χ0) is 34.4. The molecule has 10 aromatic rings. The number of hydrogen-bond acceptors (Lipinski definition) is 2. The van der Waals surface area contributed by atoms with Crippen LogP contribution in [-0.4, -0.2) is 0 Å². The summed E-state index contributed by atoms with van der Waals surface area (Å²) in [6, 6.07) is 73.0. The molecule has 0 radical (unpaired) electrons. The molecule has 0 aliphatic carbocycles. The third kappa shape index (κ3) is 5.07. The Morgan fingerprint density at radius 2 is 0.827 bits per heavy atom. The predicted molar refractivity (Wildman–Crippen MR) is 225 cm³/mol. The van der Waals surface area contributed by atoms with Gasteiger partial charge in [-0.25, -0.2) is 0 Å². The van der Waals surface area contributed by atoms with Crippen LogP contribution in [-0.2, 0) is 0 Å². The number of anilines is 3. The molecule has 0 amide bonds. The van der Waals surface area contributed by atoms with Gasteiger partial charge in [0.15, 0.2) is 0 Å². The minimum absolute atomic E-state index is 1.12. The normalized spacial score (nSPS) is 11.5. The van der Waals surface area contributed by atoms with Gasteiger partial charge >= 0.3 is 0 Å². The monoisotopic (exact) mass is 679 g/mol. The fourth-order valence-electron chi connectivity index (χ4n) is 7.95. The first kappa shape index (κ1) is 30.4. The Kier molecular flexibility index (Phi) is 7.41. The average Bonchev–Trinajstić information content (AvgIpc) is 3.61. The smallest absolute Gasteiger partial charge is 0.0554 e. The molecule has 1 aromatic heterocycles. The standard InChI is InChI=1S/C50H33NS/c1-4-16-34(17-5-1)37-22-14-23-38(32-37)51(45-27-15-29-47-50(45)43-26-12-13-28-46(43)52-47)39-30-31-41-40-24-10-11-25-42(40)48(35-18-6-2-7-19-35)49(44(41)33-39)36-20-8-3-9-21-36/h1-33H. The Hall–Kier alpha value is -6.48. The highest BCUT2D eigenvalue weighted by Gasteiger charge is 2.22. The first-order valence-corrected chi connectivity index (χ1v) is 18.6. The number of rotatable bonds is 6. The number of hydrogen-bond donors (Lipinski definition) is 0. The second-order valence-corrected chi connectivity index (χ2v) is 14.3. The lowest BCUT2D eigenvalue weighted by atomic mass is 9.85. The molecule has 52 heavy (non-hydrogen) atoms. The van der Waals surface area contributed by atoms with Crippen LogP contribution in [0.5, 0.6) is 0 Å². The predicted octanol–water partition coefficient (Wildman–Crippen LogP) is 14.8. The van der Waals surface area contributed by atoms with Crippen molar-refractivity contribution in [1.82, 2.24) is 0 Å². The summed E-state index contributed by atoms with van der Waals surface area (Å²) in [6.45, 7) is 0. The average molecular weight is 680 g/mol. The molecule has 1 nitrogen and oxygen atoms in total. The van der Waals surface area contributed by atoms with Gasteiger partial charge in [-0.2, -0.15) is 0 Å². The topological polar surface area (TPSA) is 3.24 Å². The molecule has 0 aliphatic rings. The summed E-state index contributed by atoms with van der Waals surface area (Å²) < 4.78 is 2.58. The second kappa shape index (κ2) is 12.7. The van der Waals surface area contributed by atoms with Gasteiger partial charge in [0, 0.05) is 31.5 Å². The number of benzene rings is 9. The molecule has 0 atom stereocenters. The van der Waals surface area contributed by atoms with Gasteiger partial charge in [-0.1, -0.05) is 158 Å². The van der Waals surface area contributed by atoms with Crippen molar-refractivity contribution in [3.63, 3.8) is 0 Å². The minimum Gasteiger partial charge on any atom is -0.310 e. The maximum atomic E-state index is 2.47. The molecule has 0 bridgehead atoms. The van der Waals surface area contributed by atoms with Gasteiger partial charge < -0.3 is 4.90 Å². The highest BCUT2D eigenvalue weighted by atomic mass is 32.1. The van der Waals surface area contributed by atoms with E-state index < -0.39 is 0 Å². The van der Waals surface area contributed by atoms with Gasteiger partial charge in [0.25, 0.3) is 0 Å². The number of thiophene rings is 1. The zero-order valence-corrected chi connectivity index (χ0v) is 29.2. The fraction of sp³-hybridized carbons (Fsp3) is 0. The summed E-state index contributed by atoms with van der Waals surface area (Å²) in [5, 5.41) is 7.55. The van der Waals surface area contributed by atoms with E-state index in [0.717, 1.165) is 11.4 Å². The molecular formula is C50H33NS. The van der Waals surface area contributed by atoms with Crippen LogP contribution < -0.4 is 4.90 Å².